The molecule has 3 aromatic rings. The highest BCUT2D eigenvalue weighted by Gasteiger charge is 2.34. The Morgan fingerprint density at radius 1 is 1.04 bits per heavy atom. The summed E-state index contributed by atoms with van der Waals surface area (Å²) in [5.74, 6) is 0.518. The van der Waals surface area contributed by atoms with Gasteiger partial charge in [-0.25, -0.2) is 4.98 Å². The Kier molecular flexibility index (Phi) is 4.15. The smallest absolute Gasteiger partial charge is 0.131 e. The molecular formula is C21H23N3O. The zero-order valence-corrected chi connectivity index (χ0v) is 14.2. The summed E-state index contributed by atoms with van der Waals surface area (Å²) in [6.45, 7) is 2.70. The molecular weight excluding hydrogens is 310 g/mol. The van der Waals surface area contributed by atoms with Crippen LogP contribution in [0.4, 0.5) is 5.82 Å². The molecule has 0 atom stereocenters. The molecule has 1 fully saturated rings. The van der Waals surface area contributed by atoms with Gasteiger partial charge in [0.05, 0.1) is 5.60 Å². The van der Waals surface area contributed by atoms with Gasteiger partial charge in [0, 0.05) is 31.2 Å². The molecule has 0 spiro atoms. The summed E-state index contributed by atoms with van der Waals surface area (Å²) in [5.41, 5.74) is 7.48. The minimum Gasteiger partial charge on any atom is -0.385 e. The van der Waals surface area contributed by atoms with Crippen molar-refractivity contribution in [3.8, 4) is 0 Å². The molecule has 0 aliphatic carbocycles. The first kappa shape index (κ1) is 16.1. The number of aromatic nitrogens is 1. The first-order valence-electron chi connectivity index (χ1n) is 8.77. The van der Waals surface area contributed by atoms with E-state index < -0.39 is 5.60 Å². The molecule has 4 rings (SSSR count). The van der Waals surface area contributed by atoms with Gasteiger partial charge in [-0.15, -0.1) is 0 Å². The Bertz CT molecular complexity index is 871. The number of pyridine rings is 1. The highest BCUT2D eigenvalue weighted by molar-refractivity contribution is 5.91. The van der Waals surface area contributed by atoms with Crippen LogP contribution in [0.3, 0.4) is 0 Å². The Morgan fingerprint density at radius 2 is 1.80 bits per heavy atom. The van der Waals surface area contributed by atoms with Crippen molar-refractivity contribution in [2.24, 2.45) is 0 Å². The summed E-state index contributed by atoms with van der Waals surface area (Å²) in [6.07, 6.45) is 3.17. The van der Waals surface area contributed by atoms with Gasteiger partial charge in [0.25, 0.3) is 0 Å². The van der Waals surface area contributed by atoms with Crippen molar-refractivity contribution in [3.63, 3.8) is 0 Å². The average molecular weight is 333 g/mol. The number of hydrogen-bond acceptors (Lipinski definition) is 4. The summed E-state index contributed by atoms with van der Waals surface area (Å²) < 4.78 is 0. The molecule has 25 heavy (non-hydrogen) atoms. The SMILES string of the molecule is Nc1nccc2ccc(C3(O)CCN(Cc4ccccc4)CC3)cc12. The molecule has 128 valence electrons. The van der Waals surface area contributed by atoms with Gasteiger partial charge in [0.2, 0.25) is 0 Å². The van der Waals surface area contributed by atoms with Crippen molar-refractivity contribution < 1.29 is 5.11 Å². The molecule has 0 bridgehead atoms. The molecule has 0 amide bonds. The minimum atomic E-state index is -0.788. The number of anilines is 1. The molecule has 3 N–H and O–H groups in total. The minimum absolute atomic E-state index is 0.518. The Balaban J connectivity index is 1.51. The number of fused-ring (bicyclic) bond motifs is 1. The number of benzene rings is 2. The molecule has 2 aromatic carbocycles. The number of nitrogen functional groups attached to an aromatic ring is 1. The van der Waals surface area contributed by atoms with E-state index in [1.165, 1.54) is 5.56 Å². The van der Waals surface area contributed by atoms with Crippen LogP contribution >= 0.6 is 0 Å². The Morgan fingerprint density at radius 3 is 2.56 bits per heavy atom. The second-order valence-electron chi connectivity index (χ2n) is 6.93. The van der Waals surface area contributed by atoms with Gasteiger partial charge in [-0.05, 0) is 41.5 Å². The summed E-state index contributed by atoms with van der Waals surface area (Å²) in [7, 11) is 0. The fourth-order valence-electron chi connectivity index (χ4n) is 3.69. The summed E-state index contributed by atoms with van der Waals surface area (Å²) >= 11 is 0. The van der Waals surface area contributed by atoms with Gasteiger partial charge < -0.3 is 10.8 Å². The van der Waals surface area contributed by atoms with Crippen LogP contribution in [0, 0.1) is 0 Å². The molecule has 4 heteroatoms. The Labute approximate surface area is 147 Å². The van der Waals surface area contributed by atoms with Crippen LogP contribution in [0.25, 0.3) is 10.8 Å². The lowest BCUT2D eigenvalue weighted by Gasteiger charge is -2.38. The second-order valence-corrected chi connectivity index (χ2v) is 6.93. The zero-order chi connectivity index (χ0) is 17.3. The van der Waals surface area contributed by atoms with Gasteiger partial charge in [0.1, 0.15) is 5.82 Å². The lowest BCUT2D eigenvalue weighted by Crippen LogP contribution is -2.42. The summed E-state index contributed by atoms with van der Waals surface area (Å²) in [4.78, 5) is 6.57. The fraction of sp³-hybridized carbons (Fsp3) is 0.286. The van der Waals surface area contributed by atoms with E-state index >= 15 is 0 Å². The molecule has 1 aliphatic rings. The van der Waals surface area contributed by atoms with Crippen LogP contribution in [-0.2, 0) is 12.1 Å². The van der Waals surface area contributed by atoms with Gasteiger partial charge in [0.15, 0.2) is 0 Å². The highest BCUT2D eigenvalue weighted by Crippen LogP contribution is 2.35. The molecule has 0 radical (unpaired) electrons. The molecule has 1 aromatic heterocycles. The van der Waals surface area contributed by atoms with E-state index in [1.807, 2.05) is 30.3 Å². The van der Waals surface area contributed by atoms with E-state index in [-0.39, 0.29) is 0 Å². The average Bonchev–Trinajstić information content (AvgIpc) is 2.65. The number of hydrogen-bond donors (Lipinski definition) is 2. The van der Waals surface area contributed by atoms with Gasteiger partial charge >= 0.3 is 0 Å². The van der Waals surface area contributed by atoms with Crippen molar-refractivity contribution >= 4 is 16.6 Å². The molecule has 0 unspecified atom stereocenters. The number of aliphatic hydroxyl groups is 1. The van der Waals surface area contributed by atoms with Crippen molar-refractivity contribution in [2.45, 2.75) is 25.0 Å². The molecule has 4 nitrogen and oxygen atoms in total. The lowest BCUT2D eigenvalue weighted by atomic mass is 9.83. The maximum absolute atomic E-state index is 11.2. The van der Waals surface area contributed by atoms with Crippen LogP contribution in [0.1, 0.15) is 24.0 Å². The van der Waals surface area contributed by atoms with Crippen molar-refractivity contribution in [1.82, 2.24) is 9.88 Å². The lowest BCUT2D eigenvalue weighted by molar-refractivity contribution is -0.0276. The van der Waals surface area contributed by atoms with Crippen LogP contribution < -0.4 is 5.73 Å². The topological polar surface area (TPSA) is 62.4 Å². The maximum Gasteiger partial charge on any atom is 0.131 e. The van der Waals surface area contributed by atoms with E-state index in [1.54, 1.807) is 6.20 Å². The zero-order valence-electron chi connectivity index (χ0n) is 14.2. The molecule has 1 aliphatic heterocycles. The predicted octanol–water partition coefficient (Wildman–Crippen LogP) is 3.30. The van der Waals surface area contributed by atoms with E-state index in [0.29, 0.717) is 5.82 Å². The first-order chi connectivity index (χ1) is 12.1. The van der Waals surface area contributed by atoms with Crippen molar-refractivity contribution in [3.05, 3.63) is 71.9 Å². The van der Waals surface area contributed by atoms with Crippen molar-refractivity contribution in [2.75, 3.05) is 18.8 Å². The van der Waals surface area contributed by atoms with Gasteiger partial charge in [-0.2, -0.15) is 0 Å². The number of likely N-dealkylation sites (tertiary alicyclic amines) is 1. The second kappa shape index (κ2) is 6.47. The predicted molar refractivity (Wildman–Crippen MR) is 101 cm³/mol. The largest absolute Gasteiger partial charge is 0.385 e. The number of piperidine rings is 1. The fourth-order valence-corrected chi connectivity index (χ4v) is 3.69. The van der Waals surface area contributed by atoms with E-state index in [9.17, 15) is 5.11 Å². The number of rotatable bonds is 3. The highest BCUT2D eigenvalue weighted by atomic mass is 16.3. The third-order valence-electron chi connectivity index (χ3n) is 5.27. The molecule has 2 heterocycles. The van der Waals surface area contributed by atoms with E-state index in [2.05, 4.69) is 34.1 Å². The first-order valence-corrected chi connectivity index (χ1v) is 8.77. The maximum atomic E-state index is 11.2. The third-order valence-corrected chi connectivity index (χ3v) is 5.27. The van der Waals surface area contributed by atoms with Crippen LogP contribution in [-0.4, -0.2) is 28.1 Å². The van der Waals surface area contributed by atoms with Gasteiger partial charge in [-0.1, -0.05) is 42.5 Å². The summed E-state index contributed by atoms with van der Waals surface area (Å²) in [6, 6.07) is 18.5. The molecule has 1 saturated heterocycles. The van der Waals surface area contributed by atoms with Crippen LogP contribution in [0.2, 0.25) is 0 Å². The van der Waals surface area contributed by atoms with Gasteiger partial charge in [-0.3, -0.25) is 4.90 Å². The normalized spacial score (nSPS) is 17.6. The number of nitrogens with zero attached hydrogens (tertiary/aromatic N) is 2. The quantitative estimate of drug-likeness (QED) is 0.772. The summed E-state index contributed by atoms with van der Waals surface area (Å²) in [5, 5.41) is 13.2. The van der Waals surface area contributed by atoms with Crippen LogP contribution in [0.15, 0.2) is 60.8 Å². The monoisotopic (exact) mass is 333 g/mol. The van der Waals surface area contributed by atoms with E-state index in [0.717, 1.165) is 48.8 Å². The van der Waals surface area contributed by atoms with E-state index in [4.69, 9.17) is 5.73 Å². The van der Waals surface area contributed by atoms with Crippen molar-refractivity contribution in [1.29, 1.82) is 0 Å². The standard InChI is InChI=1S/C21H23N3O/c22-20-19-14-18(7-6-17(19)8-11-23-20)21(25)9-12-24(13-10-21)15-16-4-2-1-3-5-16/h1-8,11,14,25H,9-10,12-13,15H2,(H2,22,23). The molecule has 0 saturated carbocycles. The van der Waals surface area contributed by atoms with Crippen LogP contribution in [0.5, 0.6) is 0 Å². The Hall–Kier alpha value is -2.43. The third kappa shape index (κ3) is 3.23. The number of nitrogens with two attached hydrogens (primary N) is 1.